The third-order valence-corrected chi connectivity index (χ3v) is 5.99. The van der Waals surface area contributed by atoms with Gasteiger partial charge in [-0.15, -0.1) is 10.2 Å². The molecule has 2 aromatic heterocycles. The molecule has 0 aliphatic heterocycles. The number of hydrogen-bond acceptors (Lipinski definition) is 8. The van der Waals surface area contributed by atoms with E-state index in [4.69, 9.17) is 9.72 Å². The van der Waals surface area contributed by atoms with Gasteiger partial charge in [0.25, 0.3) is 0 Å². The van der Waals surface area contributed by atoms with Crippen LogP contribution in [0.3, 0.4) is 0 Å². The quantitative estimate of drug-likeness (QED) is 0.419. The number of anilines is 2. The van der Waals surface area contributed by atoms with Crippen molar-refractivity contribution in [2.24, 2.45) is 0 Å². The lowest BCUT2D eigenvalue weighted by atomic mass is 10.2. The summed E-state index contributed by atoms with van der Waals surface area (Å²) in [6.45, 7) is 4.57. The molecular formula is C20H19N5OS2. The van der Waals surface area contributed by atoms with Crippen LogP contribution in [0.25, 0.3) is 11.0 Å². The number of hydrogen-bond donors (Lipinski definition) is 1. The number of thioether (sulfide) groups is 1. The van der Waals surface area contributed by atoms with E-state index in [0.717, 1.165) is 43.3 Å². The summed E-state index contributed by atoms with van der Waals surface area (Å²) in [5.41, 5.74) is 4.63. The van der Waals surface area contributed by atoms with Gasteiger partial charge in [0, 0.05) is 5.75 Å². The summed E-state index contributed by atoms with van der Waals surface area (Å²) >= 11 is 3.12. The monoisotopic (exact) mass is 409 g/mol. The number of benzene rings is 2. The van der Waals surface area contributed by atoms with Crippen LogP contribution < -0.4 is 10.1 Å². The molecule has 142 valence electrons. The second-order valence-electron chi connectivity index (χ2n) is 5.96. The third kappa shape index (κ3) is 4.23. The average Bonchev–Trinajstić information content (AvgIpc) is 3.15. The van der Waals surface area contributed by atoms with E-state index in [2.05, 4.69) is 20.5 Å². The molecule has 0 radical (unpaired) electrons. The fraction of sp³-hybridized carbons (Fsp3) is 0.200. The lowest BCUT2D eigenvalue weighted by Crippen LogP contribution is -1.97. The molecule has 2 heterocycles. The lowest BCUT2D eigenvalue weighted by molar-refractivity contribution is 0.342. The van der Waals surface area contributed by atoms with Crippen molar-refractivity contribution in [2.45, 2.75) is 23.9 Å². The summed E-state index contributed by atoms with van der Waals surface area (Å²) in [6.07, 6.45) is 0. The van der Waals surface area contributed by atoms with Crippen LogP contribution in [0.15, 0.2) is 52.9 Å². The van der Waals surface area contributed by atoms with Crippen molar-refractivity contribution in [3.63, 3.8) is 0 Å². The van der Waals surface area contributed by atoms with Crippen LogP contribution in [0.5, 0.6) is 5.75 Å². The van der Waals surface area contributed by atoms with Gasteiger partial charge in [0.2, 0.25) is 5.13 Å². The van der Waals surface area contributed by atoms with Crippen molar-refractivity contribution in [1.82, 2.24) is 20.2 Å². The van der Waals surface area contributed by atoms with Crippen molar-refractivity contribution in [3.05, 3.63) is 59.9 Å². The van der Waals surface area contributed by atoms with Crippen LogP contribution in [0.2, 0.25) is 0 Å². The summed E-state index contributed by atoms with van der Waals surface area (Å²) in [5, 5.41) is 12.5. The molecule has 0 saturated heterocycles. The van der Waals surface area contributed by atoms with Gasteiger partial charge >= 0.3 is 0 Å². The van der Waals surface area contributed by atoms with E-state index < -0.39 is 0 Å². The highest BCUT2D eigenvalue weighted by molar-refractivity contribution is 8.00. The van der Waals surface area contributed by atoms with Crippen LogP contribution in [0, 0.1) is 6.92 Å². The Hall–Kier alpha value is -2.71. The maximum atomic E-state index is 5.64. The van der Waals surface area contributed by atoms with Crippen molar-refractivity contribution in [2.75, 3.05) is 11.9 Å². The molecule has 6 nitrogen and oxygen atoms in total. The van der Waals surface area contributed by atoms with Gasteiger partial charge in [-0.05, 0) is 38.1 Å². The van der Waals surface area contributed by atoms with Gasteiger partial charge in [-0.2, -0.15) is 0 Å². The smallest absolute Gasteiger partial charge is 0.210 e. The molecule has 1 N–H and O–H groups in total. The van der Waals surface area contributed by atoms with Crippen molar-refractivity contribution < 1.29 is 4.74 Å². The topological polar surface area (TPSA) is 72.8 Å². The van der Waals surface area contributed by atoms with Crippen LogP contribution in [0.4, 0.5) is 10.8 Å². The van der Waals surface area contributed by atoms with Crippen molar-refractivity contribution in [1.29, 1.82) is 0 Å². The second-order valence-corrected chi connectivity index (χ2v) is 8.16. The van der Waals surface area contributed by atoms with Crippen molar-refractivity contribution >= 4 is 45.0 Å². The van der Waals surface area contributed by atoms with E-state index in [1.54, 1.807) is 11.8 Å². The van der Waals surface area contributed by atoms with E-state index in [1.807, 2.05) is 62.4 Å². The highest BCUT2D eigenvalue weighted by Crippen LogP contribution is 2.33. The van der Waals surface area contributed by atoms with E-state index in [9.17, 15) is 0 Å². The zero-order chi connectivity index (χ0) is 19.3. The van der Waals surface area contributed by atoms with E-state index in [1.165, 1.54) is 11.3 Å². The Labute approximate surface area is 171 Å². The molecule has 0 amide bonds. The Morgan fingerprint density at radius 1 is 1.00 bits per heavy atom. The van der Waals surface area contributed by atoms with Crippen LogP contribution in [-0.4, -0.2) is 26.8 Å². The normalized spacial score (nSPS) is 10.9. The Balaban J connectivity index is 1.45. The fourth-order valence-corrected chi connectivity index (χ4v) is 4.45. The molecule has 0 bridgehead atoms. The minimum absolute atomic E-state index is 0.613. The molecule has 4 aromatic rings. The first kappa shape index (κ1) is 18.6. The number of fused-ring (bicyclic) bond motifs is 1. The number of ether oxygens (including phenoxy) is 1. The summed E-state index contributed by atoms with van der Waals surface area (Å²) < 4.78 is 6.52. The summed E-state index contributed by atoms with van der Waals surface area (Å²) in [6, 6.07) is 15.7. The largest absolute Gasteiger partial charge is 0.492 e. The maximum absolute atomic E-state index is 5.64. The van der Waals surface area contributed by atoms with Gasteiger partial charge < -0.3 is 10.1 Å². The fourth-order valence-electron chi connectivity index (χ4n) is 2.68. The Bertz CT molecular complexity index is 1100. The first-order valence-corrected chi connectivity index (χ1v) is 10.7. The summed E-state index contributed by atoms with van der Waals surface area (Å²) in [7, 11) is 0. The molecule has 28 heavy (non-hydrogen) atoms. The lowest BCUT2D eigenvalue weighted by Gasteiger charge is -2.09. The van der Waals surface area contributed by atoms with Gasteiger partial charge in [-0.3, -0.25) is 0 Å². The molecule has 8 heteroatoms. The number of nitrogens with one attached hydrogen (secondary N) is 1. The number of aromatic nitrogens is 4. The first-order chi connectivity index (χ1) is 13.7. The first-order valence-electron chi connectivity index (χ1n) is 8.90. The van der Waals surface area contributed by atoms with Gasteiger partial charge in [0.05, 0.1) is 34.7 Å². The number of para-hydroxylation sites is 4. The minimum atomic E-state index is 0.613. The van der Waals surface area contributed by atoms with Gasteiger partial charge in [-0.25, -0.2) is 9.97 Å². The molecule has 0 fully saturated rings. The van der Waals surface area contributed by atoms with E-state index >= 15 is 0 Å². The number of nitrogens with zero attached hydrogens (tertiary/aromatic N) is 4. The number of aryl methyl sites for hydroxylation is 1. The summed E-state index contributed by atoms with van der Waals surface area (Å²) in [4.78, 5) is 9.38. The minimum Gasteiger partial charge on any atom is -0.492 e. The van der Waals surface area contributed by atoms with E-state index in [0.29, 0.717) is 12.4 Å². The van der Waals surface area contributed by atoms with Gasteiger partial charge in [0.15, 0.2) is 4.34 Å². The van der Waals surface area contributed by atoms with Crippen LogP contribution in [-0.2, 0) is 5.75 Å². The molecule has 0 atom stereocenters. The van der Waals surface area contributed by atoms with Crippen LogP contribution >= 0.6 is 23.1 Å². The zero-order valence-corrected chi connectivity index (χ0v) is 17.2. The zero-order valence-electron chi connectivity index (χ0n) is 15.5. The highest BCUT2D eigenvalue weighted by Gasteiger charge is 2.11. The van der Waals surface area contributed by atoms with E-state index in [-0.39, 0.29) is 0 Å². The molecule has 2 aromatic carbocycles. The Kier molecular flexibility index (Phi) is 5.68. The maximum Gasteiger partial charge on any atom is 0.210 e. The van der Waals surface area contributed by atoms with Crippen LogP contribution in [0.1, 0.15) is 18.3 Å². The predicted octanol–water partition coefficient (Wildman–Crippen LogP) is 5.22. The molecule has 0 spiro atoms. The predicted molar refractivity (Wildman–Crippen MR) is 115 cm³/mol. The molecule has 0 aliphatic carbocycles. The Morgan fingerprint density at radius 2 is 1.75 bits per heavy atom. The molecule has 0 aliphatic rings. The SMILES string of the molecule is CCOc1ccccc1Nc1nnc(SCc2nc3ccccc3nc2C)s1. The molecule has 0 unspecified atom stereocenters. The standard InChI is InChI=1S/C20H19N5OS2/c1-3-26-18-11-7-6-10-16(18)23-19-24-25-20(28-19)27-12-17-13(2)21-14-8-4-5-9-15(14)22-17/h4-11H,3,12H2,1-2H3,(H,23,24). The summed E-state index contributed by atoms with van der Waals surface area (Å²) in [5.74, 6) is 1.50. The van der Waals surface area contributed by atoms with Gasteiger partial charge in [0.1, 0.15) is 5.75 Å². The molecule has 4 rings (SSSR count). The number of rotatable bonds is 7. The Morgan fingerprint density at radius 3 is 2.57 bits per heavy atom. The average molecular weight is 410 g/mol. The highest BCUT2D eigenvalue weighted by atomic mass is 32.2. The van der Waals surface area contributed by atoms with Crippen molar-refractivity contribution in [3.8, 4) is 5.75 Å². The van der Waals surface area contributed by atoms with Gasteiger partial charge in [-0.1, -0.05) is 47.4 Å². The molecule has 0 saturated carbocycles. The third-order valence-electron chi connectivity index (χ3n) is 4.01. The molecular weight excluding hydrogens is 390 g/mol. The second kappa shape index (κ2) is 8.53.